The van der Waals surface area contributed by atoms with Crippen LogP contribution in [0.15, 0.2) is 47.5 Å². The number of methoxy groups -OCH3 is 2. The zero-order valence-corrected chi connectivity index (χ0v) is 18.3. The Kier molecular flexibility index (Phi) is 9.86. The van der Waals surface area contributed by atoms with Crippen LogP contribution in [0.3, 0.4) is 0 Å². The molecule has 0 aromatic heterocycles. The smallest absolute Gasteiger partial charge is 0.422 e. The molecule has 2 rings (SSSR count). The number of benzene rings is 2. The first-order valence-corrected chi connectivity index (χ1v) is 8.34. The van der Waals surface area contributed by atoms with E-state index in [-0.39, 0.29) is 42.2 Å². The topological polar surface area (TPSA) is 78.1 Å². The van der Waals surface area contributed by atoms with Gasteiger partial charge in [-0.05, 0) is 23.8 Å². The highest BCUT2D eigenvalue weighted by Crippen LogP contribution is 2.27. The van der Waals surface area contributed by atoms with E-state index in [1.54, 1.807) is 44.6 Å². The number of nitrogens with zero attached hydrogens (tertiary/aromatic N) is 1. The number of hydrogen-bond acceptors (Lipinski definition) is 4. The molecule has 0 unspecified atom stereocenters. The summed E-state index contributed by atoms with van der Waals surface area (Å²) in [4.78, 5) is 4.22. The summed E-state index contributed by atoms with van der Waals surface area (Å²) < 4.78 is 52.3. The maximum atomic E-state index is 12.4. The number of nitrogens with two attached hydrogens (primary N) is 1. The Morgan fingerprint density at radius 2 is 1.72 bits per heavy atom. The third-order valence-electron chi connectivity index (χ3n) is 3.70. The van der Waals surface area contributed by atoms with E-state index in [0.29, 0.717) is 23.6 Å². The molecule has 0 heterocycles. The van der Waals surface area contributed by atoms with E-state index < -0.39 is 12.8 Å². The number of aliphatic imine (C=N–C) groups is 1. The van der Waals surface area contributed by atoms with Crippen molar-refractivity contribution in [2.45, 2.75) is 19.3 Å². The van der Waals surface area contributed by atoms with Crippen molar-refractivity contribution in [3.05, 3.63) is 53.6 Å². The van der Waals surface area contributed by atoms with Crippen LogP contribution in [0, 0.1) is 0 Å². The summed E-state index contributed by atoms with van der Waals surface area (Å²) in [5, 5.41) is 2.87. The molecule has 29 heavy (non-hydrogen) atoms. The number of nitrogens with one attached hydrogen (secondary N) is 1. The van der Waals surface area contributed by atoms with Gasteiger partial charge in [-0.2, -0.15) is 13.2 Å². The average molecular weight is 525 g/mol. The van der Waals surface area contributed by atoms with Crippen LogP contribution in [-0.2, 0) is 13.1 Å². The van der Waals surface area contributed by atoms with Crippen LogP contribution >= 0.6 is 24.0 Å². The van der Waals surface area contributed by atoms with Gasteiger partial charge in [0.1, 0.15) is 5.75 Å². The summed E-state index contributed by atoms with van der Waals surface area (Å²) in [5.74, 6) is 1.48. The van der Waals surface area contributed by atoms with Gasteiger partial charge < -0.3 is 25.3 Å². The molecule has 0 amide bonds. The molecule has 0 saturated carbocycles. The summed E-state index contributed by atoms with van der Waals surface area (Å²) in [6.45, 7) is -0.881. The van der Waals surface area contributed by atoms with Crippen LogP contribution < -0.4 is 25.3 Å². The molecular weight excluding hydrogens is 502 g/mol. The Hall–Kier alpha value is -2.37. The van der Waals surface area contributed by atoms with Gasteiger partial charge in [0.25, 0.3) is 0 Å². The third-order valence-corrected chi connectivity index (χ3v) is 3.70. The molecule has 0 fully saturated rings. The van der Waals surface area contributed by atoms with E-state index in [2.05, 4.69) is 10.3 Å². The molecule has 0 aliphatic carbocycles. The van der Waals surface area contributed by atoms with Gasteiger partial charge in [-0.3, -0.25) is 0 Å². The molecule has 0 bridgehead atoms. The fraction of sp³-hybridized carbons (Fsp3) is 0.316. The van der Waals surface area contributed by atoms with Crippen LogP contribution in [-0.4, -0.2) is 33.0 Å². The molecule has 0 aliphatic rings. The highest BCUT2D eigenvalue weighted by molar-refractivity contribution is 14.0. The van der Waals surface area contributed by atoms with Crippen molar-refractivity contribution in [3.63, 3.8) is 0 Å². The summed E-state index contributed by atoms with van der Waals surface area (Å²) >= 11 is 0. The highest BCUT2D eigenvalue weighted by atomic mass is 127. The zero-order chi connectivity index (χ0) is 20.6. The van der Waals surface area contributed by atoms with Crippen molar-refractivity contribution in [1.29, 1.82) is 0 Å². The second-order valence-corrected chi connectivity index (χ2v) is 5.76. The molecular formula is C19H23F3IN3O3. The fourth-order valence-electron chi connectivity index (χ4n) is 2.35. The van der Waals surface area contributed by atoms with Crippen LogP contribution in [0.4, 0.5) is 13.2 Å². The minimum Gasteiger partial charge on any atom is -0.493 e. The second kappa shape index (κ2) is 11.6. The van der Waals surface area contributed by atoms with E-state index in [1.807, 2.05) is 6.07 Å². The van der Waals surface area contributed by atoms with Gasteiger partial charge in [0.15, 0.2) is 24.1 Å². The maximum Gasteiger partial charge on any atom is 0.422 e. The molecule has 2 aromatic rings. The summed E-state index contributed by atoms with van der Waals surface area (Å²) in [6.07, 6.45) is -4.40. The zero-order valence-electron chi connectivity index (χ0n) is 16.0. The predicted molar refractivity (Wildman–Crippen MR) is 115 cm³/mol. The third kappa shape index (κ3) is 8.26. The quantitative estimate of drug-likeness (QED) is 0.311. The van der Waals surface area contributed by atoms with Crippen molar-refractivity contribution >= 4 is 29.9 Å². The molecule has 10 heteroatoms. The number of hydrogen-bond donors (Lipinski definition) is 2. The minimum atomic E-state index is -4.40. The lowest BCUT2D eigenvalue weighted by atomic mass is 10.2. The van der Waals surface area contributed by atoms with Crippen LogP contribution in [0.5, 0.6) is 17.2 Å². The lowest BCUT2D eigenvalue weighted by molar-refractivity contribution is -0.153. The van der Waals surface area contributed by atoms with E-state index in [0.717, 1.165) is 5.56 Å². The first-order valence-electron chi connectivity index (χ1n) is 8.34. The van der Waals surface area contributed by atoms with Crippen LogP contribution in [0.25, 0.3) is 0 Å². The van der Waals surface area contributed by atoms with E-state index >= 15 is 0 Å². The fourth-order valence-corrected chi connectivity index (χ4v) is 2.35. The molecule has 160 valence electrons. The monoisotopic (exact) mass is 525 g/mol. The Morgan fingerprint density at radius 1 is 1.03 bits per heavy atom. The lowest BCUT2D eigenvalue weighted by Crippen LogP contribution is -2.31. The Morgan fingerprint density at radius 3 is 2.38 bits per heavy atom. The van der Waals surface area contributed by atoms with Crippen molar-refractivity contribution in [2.24, 2.45) is 10.7 Å². The van der Waals surface area contributed by atoms with E-state index in [9.17, 15) is 13.2 Å². The predicted octanol–water partition coefficient (Wildman–Crippen LogP) is 3.87. The number of rotatable bonds is 8. The highest BCUT2D eigenvalue weighted by Gasteiger charge is 2.28. The van der Waals surface area contributed by atoms with Crippen LogP contribution in [0.2, 0.25) is 0 Å². The molecule has 0 atom stereocenters. The molecule has 0 saturated heterocycles. The van der Waals surface area contributed by atoms with Gasteiger partial charge in [-0.1, -0.05) is 24.3 Å². The van der Waals surface area contributed by atoms with Crippen LogP contribution in [0.1, 0.15) is 11.1 Å². The Labute approximate surface area is 184 Å². The summed E-state index contributed by atoms with van der Waals surface area (Å²) in [6, 6.07) is 11.8. The van der Waals surface area contributed by atoms with Crippen molar-refractivity contribution in [3.8, 4) is 17.2 Å². The average Bonchev–Trinajstić information content (AvgIpc) is 2.68. The normalized spacial score (nSPS) is 11.4. The first-order chi connectivity index (χ1) is 13.3. The lowest BCUT2D eigenvalue weighted by Gasteiger charge is -2.14. The van der Waals surface area contributed by atoms with Crippen molar-refractivity contribution in [2.75, 3.05) is 20.8 Å². The largest absolute Gasteiger partial charge is 0.493 e. The minimum absolute atomic E-state index is 0. The number of alkyl halides is 3. The Bertz CT molecular complexity index is 817. The number of ether oxygens (including phenoxy) is 3. The maximum absolute atomic E-state index is 12.4. The summed E-state index contributed by atoms with van der Waals surface area (Å²) in [5.41, 5.74) is 7.25. The standard InChI is InChI=1S/C19H22F3N3O3.HI/c1-26-16-8-7-13(9-17(16)27-2)10-24-18(23)25-11-14-5-3-4-6-15(14)28-12-19(20,21)22;/h3-9H,10-12H2,1-2H3,(H3,23,24,25);1H. The molecule has 0 radical (unpaired) electrons. The summed E-state index contributed by atoms with van der Waals surface area (Å²) in [7, 11) is 3.09. The number of halogens is 4. The van der Waals surface area contributed by atoms with Gasteiger partial charge in [0, 0.05) is 12.1 Å². The van der Waals surface area contributed by atoms with Gasteiger partial charge >= 0.3 is 6.18 Å². The SMILES string of the molecule is COc1ccc(CN=C(N)NCc2ccccc2OCC(F)(F)F)cc1OC.I. The van der Waals surface area contributed by atoms with E-state index in [4.69, 9.17) is 19.9 Å². The van der Waals surface area contributed by atoms with Gasteiger partial charge in [-0.25, -0.2) is 4.99 Å². The Balaban J connectivity index is 0.00000420. The van der Waals surface area contributed by atoms with Crippen molar-refractivity contribution in [1.82, 2.24) is 5.32 Å². The van der Waals surface area contributed by atoms with E-state index in [1.165, 1.54) is 6.07 Å². The number of para-hydroxylation sites is 1. The van der Waals surface area contributed by atoms with Gasteiger partial charge in [0.05, 0.1) is 20.8 Å². The molecule has 6 nitrogen and oxygen atoms in total. The number of guanidine groups is 1. The van der Waals surface area contributed by atoms with Gasteiger partial charge in [-0.15, -0.1) is 24.0 Å². The second-order valence-electron chi connectivity index (χ2n) is 5.76. The molecule has 2 aromatic carbocycles. The molecule has 0 aliphatic heterocycles. The molecule has 3 N–H and O–H groups in total. The molecule has 0 spiro atoms. The van der Waals surface area contributed by atoms with Crippen molar-refractivity contribution < 1.29 is 27.4 Å². The first kappa shape index (κ1) is 24.7. The van der Waals surface area contributed by atoms with Gasteiger partial charge in [0.2, 0.25) is 0 Å².